The van der Waals surface area contributed by atoms with E-state index in [0.717, 1.165) is 0 Å². The average Bonchev–Trinajstić information content (AvgIpc) is 2.61. The van der Waals surface area contributed by atoms with E-state index >= 15 is 0 Å². The van der Waals surface area contributed by atoms with Crippen LogP contribution in [0.15, 0.2) is 29.5 Å². The first-order valence-electron chi connectivity index (χ1n) is 7.20. The lowest BCUT2D eigenvalue weighted by molar-refractivity contribution is -0.140. The van der Waals surface area contributed by atoms with Gasteiger partial charge in [-0.25, -0.2) is 14.0 Å². The van der Waals surface area contributed by atoms with Gasteiger partial charge in [0.15, 0.2) is 11.6 Å². The second kappa shape index (κ2) is 7.78. The van der Waals surface area contributed by atoms with Crippen LogP contribution in [0.5, 0.6) is 5.75 Å². The maximum atomic E-state index is 14.1. The lowest BCUT2D eigenvalue weighted by atomic mass is 10.1. The van der Waals surface area contributed by atoms with E-state index in [-0.39, 0.29) is 30.4 Å². The zero-order chi connectivity index (χ0) is 17.7. The molecule has 0 saturated heterocycles. The Morgan fingerprint density at radius 3 is 2.54 bits per heavy atom. The van der Waals surface area contributed by atoms with Crippen molar-refractivity contribution in [2.45, 2.75) is 6.92 Å². The van der Waals surface area contributed by atoms with Crippen molar-refractivity contribution in [1.29, 1.82) is 0 Å². The fourth-order valence-electron chi connectivity index (χ4n) is 2.28. The number of carbonyl (C=O) groups is 2. The van der Waals surface area contributed by atoms with Crippen molar-refractivity contribution in [3.05, 3.63) is 35.3 Å². The van der Waals surface area contributed by atoms with Gasteiger partial charge in [0.2, 0.25) is 0 Å². The number of halogens is 1. The topological polar surface area (TPSA) is 74.3 Å². The molecule has 1 aromatic carbocycles. The van der Waals surface area contributed by atoms with Crippen molar-refractivity contribution in [1.82, 2.24) is 0 Å². The molecule has 0 atom stereocenters. The summed E-state index contributed by atoms with van der Waals surface area (Å²) in [7, 11) is 2.39. The van der Waals surface area contributed by atoms with Crippen molar-refractivity contribution in [3.63, 3.8) is 0 Å². The molecule has 1 aliphatic rings. The zero-order valence-corrected chi connectivity index (χ0v) is 13.6. The van der Waals surface area contributed by atoms with Gasteiger partial charge in [0.25, 0.3) is 0 Å². The summed E-state index contributed by atoms with van der Waals surface area (Å²) in [5.74, 6) is -1.96. The van der Waals surface area contributed by atoms with Gasteiger partial charge in [0, 0.05) is 11.8 Å². The average molecular weight is 339 g/mol. The summed E-state index contributed by atoms with van der Waals surface area (Å²) in [6.45, 7) is 1.92. The van der Waals surface area contributed by atoms with Crippen LogP contribution in [-0.4, -0.2) is 46.1 Å². The van der Waals surface area contributed by atoms with Crippen LogP contribution in [-0.2, 0) is 23.8 Å². The molecule has 0 aromatic heterocycles. The number of esters is 2. The Labute approximate surface area is 138 Å². The number of ether oxygens (including phenoxy) is 4. The molecule has 0 bridgehead atoms. The van der Waals surface area contributed by atoms with E-state index in [9.17, 15) is 14.0 Å². The van der Waals surface area contributed by atoms with Gasteiger partial charge in [-0.15, -0.1) is 0 Å². The highest BCUT2D eigenvalue weighted by Crippen LogP contribution is 2.30. The predicted octanol–water partition coefficient (Wildman–Crippen LogP) is 1.62. The predicted molar refractivity (Wildman–Crippen MR) is 81.9 cm³/mol. The summed E-state index contributed by atoms with van der Waals surface area (Å²) in [5.41, 5.74) is 0.279. The van der Waals surface area contributed by atoms with Crippen molar-refractivity contribution in [3.8, 4) is 5.75 Å². The molecule has 7 nitrogen and oxygen atoms in total. The van der Waals surface area contributed by atoms with E-state index < -0.39 is 17.8 Å². The zero-order valence-electron chi connectivity index (χ0n) is 13.6. The molecule has 0 spiro atoms. The van der Waals surface area contributed by atoms with Crippen LogP contribution in [0, 0.1) is 5.82 Å². The van der Waals surface area contributed by atoms with Gasteiger partial charge in [0.05, 0.1) is 33.0 Å². The largest absolute Gasteiger partial charge is 0.491 e. The van der Waals surface area contributed by atoms with Gasteiger partial charge in [0.1, 0.15) is 12.4 Å². The third-order valence-electron chi connectivity index (χ3n) is 3.36. The van der Waals surface area contributed by atoms with E-state index in [2.05, 4.69) is 4.74 Å². The summed E-state index contributed by atoms with van der Waals surface area (Å²) in [6, 6.07) is 4.19. The summed E-state index contributed by atoms with van der Waals surface area (Å²) in [5, 5.41) is 0. The molecular formula is C16H18FNO6. The lowest BCUT2D eigenvalue weighted by Gasteiger charge is -2.31. The van der Waals surface area contributed by atoms with Crippen molar-refractivity contribution < 1.29 is 32.9 Å². The van der Waals surface area contributed by atoms with E-state index in [4.69, 9.17) is 14.2 Å². The molecule has 0 N–H and O–H groups in total. The van der Waals surface area contributed by atoms with E-state index in [1.165, 1.54) is 31.3 Å². The van der Waals surface area contributed by atoms with Gasteiger partial charge >= 0.3 is 11.9 Å². The van der Waals surface area contributed by atoms with Crippen molar-refractivity contribution in [2.75, 3.05) is 39.1 Å². The van der Waals surface area contributed by atoms with E-state index in [1.54, 1.807) is 13.0 Å². The SMILES string of the molecule is CCOc1ccc(N2COCC(C(=O)OC)=C2C(=O)OC)cc1F. The quantitative estimate of drug-likeness (QED) is 0.755. The van der Waals surface area contributed by atoms with E-state index in [1.807, 2.05) is 0 Å². The standard InChI is InChI=1S/C16H18FNO6/c1-4-24-13-6-5-10(7-12(13)17)18-9-23-8-11(15(19)21-2)14(18)16(20)22-3/h5-7H,4,8-9H2,1-3H3. The Kier molecular flexibility index (Phi) is 5.75. The highest BCUT2D eigenvalue weighted by Gasteiger charge is 2.32. The van der Waals surface area contributed by atoms with Crippen LogP contribution in [0.25, 0.3) is 0 Å². The monoisotopic (exact) mass is 339 g/mol. The van der Waals surface area contributed by atoms with Crippen LogP contribution >= 0.6 is 0 Å². The number of carbonyl (C=O) groups excluding carboxylic acids is 2. The molecule has 1 aromatic rings. The molecule has 8 heteroatoms. The second-order valence-corrected chi connectivity index (χ2v) is 4.76. The number of nitrogens with zero attached hydrogens (tertiary/aromatic N) is 1. The fraction of sp³-hybridized carbons (Fsp3) is 0.375. The number of methoxy groups -OCH3 is 2. The summed E-state index contributed by atoms with van der Waals surface area (Å²) < 4.78 is 34.0. The van der Waals surface area contributed by atoms with Gasteiger partial charge in [-0.05, 0) is 19.1 Å². The molecule has 0 fully saturated rings. The number of hydrogen-bond donors (Lipinski definition) is 0. The minimum atomic E-state index is -0.743. The molecule has 130 valence electrons. The number of hydrogen-bond acceptors (Lipinski definition) is 7. The minimum absolute atomic E-state index is 0.00453. The van der Waals surface area contributed by atoms with Crippen LogP contribution in [0.1, 0.15) is 6.92 Å². The summed E-state index contributed by atoms with van der Waals surface area (Å²) >= 11 is 0. The van der Waals surface area contributed by atoms with Crippen LogP contribution in [0.3, 0.4) is 0 Å². The molecule has 0 amide bonds. The number of anilines is 1. The molecule has 24 heavy (non-hydrogen) atoms. The molecule has 0 aliphatic carbocycles. The fourth-order valence-corrected chi connectivity index (χ4v) is 2.28. The molecule has 1 aliphatic heterocycles. The highest BCUT2D eigenvalue weighted by atomic mass is 19.1. The van der Waals surface area contributed by atoms with Gasteiger partial charge in [-0.3, -0.25) is 0 Å². The maximum Gasteiger partial charge on any atom is 0.355 e. The molecule has 0 radical (unpaired) electrons. The molecule has 0 unspecified atom stereocenters. The van der Waals surface area contributed by atoms with Gasteiger partial charge in [-0.2, -0.15) is 0 Å². The van der Waals surface area contributed by atoms with Crippen LogP contribution in [0.2, 0.25) is 0 Å². The summed E-state index contributed by atoms with van der Waals surface area (Å²) in [6.07, 6.45) is 0. The Balaban J connectivity index is 2.48. The first-order chi connectivity index (χ1) is 11.5. The van der Waals surface area contributed by atoms with Gasteiger partial charge in [-0.1, -0.05) is 0 Å². The first kappa shape index (κ1) is 17.7. The Hall–Kier alpha value is -2.61. The molecule has 1 heterocycles. The van der Waals surface area contributed by atoms with Crippen molar-refractivity contribution in [2.24, 2.45) is 0 Å². The summed E-state index contributed by atoms with van der Waals surface area (Å²) in [4.78, 5) is 25.4. The molecular weight excluding hydrogens is 321 g/mol. The van der Waals surface area contributed by atoms with Crippen LogP contribution < -0.4 is 9.64 Å². The Morgan fingerprint density at radius 1 is 1.25 bits per heavy atom. The first-order valence-corrected chi connectivity index (χ1v) is 7.20. The maximum absolute atomic E-state index is 14.1. The third-order valence-corrected chi connectivity index (χ3v) is 3.36. The second-order valence-electron chi connectivity index (χ2n) is 4.76. The minimum Gasteiger partial charge on any atom is -0.491 e. The molecule has 2 rings (SSSR count). The smallest absolute Gasteiger partial charge is 0.355 e. The Bertz CT molecular complexity index is 673. The number of rotatable bonds is 5. The number of benzene rings is 1. The Morgan fingerprint density at radius 2 is 1.96 bits per heavy atom. The lowest BCUT2D eigenvalue weighted by Crippen LogP contribution is -2.38. The normalized spacial score (nSPS) is 14.4. The van der Waals surface area contributed by atoms with E-state index in [0.29, 0.717) is 12.3 Å². The van der Waals surface area contributed by atoms with Crippen LogP contribution in [0.4, 0.5) is 10.1 Å². The molecule has 0 saturated carbocycles. The van der Waals surface area contributed by atoms with Crippen molar-refractivity contribution >= 4 is 17.6 Å². The highest BCUT2D eigenvalue weighted by molar-refractivity contribution is 6.03. The third kappa shape index (κ3) is 3.48. The van der Waals surface area contributed by atoms with Gasteiger partial charge < -0.3 is 23.8 Å².